The predicted molar refractivity (Wildman–Crippen MR) is 78.9 cm³/mol. The largest absolute Gasteiger partial charge is 0.392 e. The Kier molecular flexibility index (Phi) is 4.83. The zero-order chi connectivity index (χ0) is 14.8. The van der Waals surface area contributed by atoms with Crippen LogP contribution in [0.3, 0.4) is 0 Å². The molecule has 0 radical (unpaired) electrons. The molecule has 0 amide bonds. The van der Waals surface area contributed by atoms with Gasteiger partial charge in [0.05, 0.1) is 11.5 Å². The van der Waals surface area contributed by atoms with Gasteiger partial charge in [0.15, 0.2) is 0 Å². The second kappa shape index (κ2) is 6.24. The molecule has 2 rings (SSSR count). The third-order valence-corrected chi connectivity index (χ3v) is 6.24. The average Bonchev–Trinajstić information content (AvgIpc) is 2.47. The van der Waals surface area contributed by atoms with Gasteiger partial charge < -0.3 is 5.11 Å². The van der Waals surface area contributed by atoms with Crippen molar-refractivity contribution in [3.05, 3.63) is 29.3 Å². The van der Waals surface area contributed by atoms with E-state index in [9.17, 15) is 13.5 Å². The number of hydrogen-bond acceptors (Lipinski definition) is 3. The van der Waals surface area contributed by atoms with E-state index in [0.717, 1.165) is 24.8 Å². The van der Waals surface area contributed by atoms with E-state index in [4.69, 9.17) is 0 Å². The number of hydrogen-bond donors (Lipinski definition) is 1. The maximum absolute atomic E-state index is 12.7. The molecule has 0 atom stereocenters. The van der Waals surface area contributed by atoms with Crippen LogP contribution in [0.5, 0.6) is 0 Å². The number of benzene rings is 1. The van der Waals surface area contributed by atoms with Crippen LogP contribution < -0.4 is 0 Å². The molecule has 0 spiro atoms. The lowest BCUT2D eigenvalue weighted by Gasteiger charge is -2.31. The number of aliphatic hydroxyl groups is 1. The van der Waals surface area contributed by atoms with Crippen LogP contribution in [0.2, 0.25) is 0 Å². The van der Waals surface area contributed by atoms with Gasteiger partial charge in [-0.25, -0.2) is 8.42 Å². The van der Waals surface area contributed by atoms with Crippen LogP contribution >= 0.6 is 0 Å². The van der Waals surface area contributed by atoms with Gasteiger partial charge in [-0.2, -0.15) is 4.31 Å². The Morgan fingerprint density at radius 2 is 1.95 bits per heavy atom. The highest BCUT2D eigenvalue weighted by molar-refractivity contribution is 7.89. The summed E-state index contributed by atoms with van der Waals surface area (Å²) < 4.78 is 27.0. The topological polar surface area (TPSA) is 57.6 Å². The first kappa shape index (κ1) is 15.5. The van der Waals surface area contributed by atoms with Crippen molar-refractivity contribution in [2.75, 3.05) is 13.1 Å². The fraction of sp³-hybridized carbons (Fsp3) is 0.600. The minimum absolute atomic E-state index is 0.138. The standard InChI is InChI=1S/C15H23NO3S/c1-3-13-6-8-16(9-7-13)20(18,19)15-10-14(11-17)5-4-12(15)2/h4-5,10,13,17H,3,6-9,11H2,1-2H3. The second-order valence-electron chi connectivity index (χ2n) is 5.51. The number of nitrogens with zero attached hydrogens (tertiary/aromatic N) is 1. The Morgan fingerprint density at radius 3 is 2.50 bits per heavy atom. The minimum atomic E-state index is -3.43. The number of aryl methyl sites for hydroxylation is 1. The molecule has 1 aromatic rings. The van der Waals surface area contributed by atoms with Crippen LogP contribution in [0.25, 0.3) is 0 Å². The molecule has 1 saturated heterocycles. The third-order valence-electron chi connectivity index (χ3n) is 4.20. The molecule has 4 nitrogen and oxygen atoms in total. The molecule has 5 heteroatoms. The van der Waals surface area contributed by atoms with E-state index in [0.29, 0.717) is 29.5 Å². The summed E-state index contributed by atoms with van der Waals surface area (Å²) in [5.41, 5.74) is 1.37. The van der Waals surface area contributed by atoms with Gasteiger partial charge in [0.25, 0.3) is 0 Å². The van der Waals surface area contributed by atoms with Gasteiger partial charge in [-0.05, 0) is 42.9 Å². The van der Waals surface area contributed by atoms with Crippen molar-refractivity contribution in [2.45, 2.75) is 44.6 Å². The molecular weight excluding hydrogens is 274 g/mol. The molecule has 1 aliphatic heterocycles. The first-order valence-corrected chi connectivity index (χ1v) is 8.63. The minimum Gasteiger partial charge on any atom is -0.392 e. The van der Waals surface area contributed by atoms with Crippen LogP contribution in [-0.2, 0) is 16.6 Å². The Bertz CT molecular complexity index is 560. The monoisotopic (exact) mass is 297 g/mol. The molecule has 112 valence electrons. The van der Waals surface area contributed by atoms with Crippen LogP contribution in [0.4, 0.5) is 0 Å². The highest BCUT2D eigenvalue weighted by Crippen LogP contribution is 2.27. The van der Waals surface area contributed by atoms with Crippen molar-refractivity contribution in [1.82, 2.24) is 4.31 Å². The quantitative estimate of drug-likeness (QED) is 0.927. The molecule has 1 fully saturated rings. The summed E-state index contributed by atoms with van der Waals surface area (Å²) in [5.74, 6) is 0.645. The van der Waals surface area contributed by atoms with E-state index in [1.165, 1.54) is 0 Å². The summed E-state index contributed by atoms with van der Waals surface area (Å²) in [7, 11) is -3.43. The fourth-order valence-corrected chi connectivity index (χ4v) is 4.46. The molecule has 1 aliphatic rings. The van der Waals surface area contributed by atoms with Crippen molar-refractivity contribution < 1.29 is 13.5 Å². The predicted octanol–water partition coefficient (Wildman–Crippen LogP) is 2.30. The van der Waals surface area contributed by atoms with Crippen molar-refractivity contribution in [3.63, 3.8) is 0 Å². The van der Waals surface area contributed by atoms with Crippen molar-refractivity contribution in [3.8, 4) is 0 Å². The average molecular weight is 297 g/mol. The Labute approximate surface area is 121 Å². The summed E-state index contributed by atoms with van der Waals surface area (Å²) in [6.07, 6.45) is 3.00. The zero-order valence-electron chi connectivity index (χ0n) is 12.2. The first-order chi connectivity index (χ1) is 9.48. The Balaban J connectivity index is 2.27. The highest BCUT2D eigenvalue weighted by atomic mass is 32.2. The van der Waals surface area contributed by atoms with Crippen molar-refractivity contribution in [2.24, 2.45) is 5.92 Å². The maximum atomic E-state index is 12.7. The SMILES string of the molecule is CCC1CCN(S(=O)(=O)c2cc(CO)ccc2C)CC1. The molecule has 0 bridgehead atoms. The van der Waals surface area contributed by atoms with Crippen molar-refractivity contribution >= 4 is 10.0 Å². The van der Waals surface area contributed by atoms with E-state index in [-0.39, 0.29) is 6.61 Å². The summed E-state index contributed by atoms with van der Waals surface area (Å²) in [6, 6.07) is 5.12. The maximum Gasteiger partial charge on any atom is 0.243 e. The summed E-state index contributed by atoms with van der Waals surface area (Å²) in [6.45, 7) is 5.02. The molecule has 20 heavy (non-hydrogen) atoms. The number of piperidine rings is 1. The zero-order valence-corrected chi connectivity index (χ0v) is 13.0. The summed E-state index contributed by atoms with van der Waals surface area (Å²) in [4.78, 5) is 0.332. The lowest BCUT2D eigenvalue weighted by molar-refractivity contribution is 0.268. The van der Waals surface area contributed by atoms with Crippen LogP contribution in [0.1, 0.15) is 37.3 Å². The van der Waals surface area contributed by atoms with E-state index in [1.807, 2.05) is 0 Å². The van der Waals surface area contributed by atoms with Gasteiger partial charge in [-0.1, -0.05) is 25.5 Å². The molecule has 1 heterocycles. The molecule has 0 saturated carbocycles. The number of rotatable bonds is 4. The Morgan fingerprint density at radius 1 is 1.30 bits per heavy atom. The first-order valence-electron chi connectivity index (χ1n) is 7.19. The molecular formula is C15H23NO3S. The fourth-order valence-electron chi connectivity index (χ4n) is 2.72. The molecule has 1 aromatic carbocycles. The van der Waals surface area contributed by atoms with Gasteiger partial charge >= 0.3 is 0 Å². The number of aliphatic hydroxyl groups excluding tert-OH is 1. The molecule has 0 aromatic heterocycles. The van der Waals surface area contributed by atoms with E-state index < -0.39 is 10.0 Å². The lowest BCUT2D eigenvalue weighted by atomic mass is 9.96. The van der Waals surface area contributed by atoms with Crippen LogP contribution in [0.15, 0.2) is 23.1 Å². The Hall–Kier alpha value is -0.910. The van der Waals surface area contributed by atoms with E-state index in [2.05, 4.69) is 6.92 Å². The van der Waals surface area contributed by atoms with Gasteiger partial charge in [0, 0.05) is 13.1 Å². The van der Waals surface area contributed by atoms with Crippen molar-refractivity contribution in [1.29, 1.82) is 0 Å². The van der Waals surface area contributed by atoms with Gasteiger partial charge in [0.1, 0.15) is 0 Å². The van der Waals surface area contributed by atoms with Crippen LogP contribution in [-0.4, -0.2) is 30.9 Å². The summed E-state index contributed by atoms with van der Waals surface area (Å²) in [5, 5.41) is 9.19. The van der Waals surface area contributed by atoms with Gasteiger partial charge in [-0.15, -0.1) is 0 Å². The van der Waals surface area contributed by atoms with Gasteiger partial charge in [0.2, 0.25) is 10.0 Å². The summed E-state index contributed by atoms with van der Waals surface area (Å²) >= 11 is 0. The van der Waals surface area contributed by atoms with Crippen LogP contribution in [0, 0.1) is 12.8 Å². The second-order valence-corrected chi connectivity index (χ2v) is 7.42. The van der Waals surface area contributed by atoms with E-state index in [1.54, 1.807) is 29.4 Å². The van der Waals surface area contributed by atoms with E-state index >= 15 is 0 Å². The molecule has 1 N–H and O–H groups in total. The number of sulfonamides is 1. The highest BCUT2D eigenvalue weighted by Gasteiger charge is 2.29. The van der Waals surface area contributed by atoms with Gasteiger partial charge in [-0.3, -0.25) is 0 Å². The normalized spacial score (nSPS) is 18.4. The smallest absolute Gasteiger partial charge is 0.243 e. The molecule has 0 aliphatic carbocycles. The third kappa shape index (κ3) is 3.05. The lowest BCUT2D eigenvalue weighted by Crippen LogP contribution is -2.38. The molecule has 0 unspecified atom stereocenters.